The molecule has 0 saturated carbocycles. The molecule has 3 aromatic carbocycles. The van der Waals surface area contributed by atoms with Gasteiger partial charge in [0.2, 0.25) is 5.91 Å². The molecular weight excluding hydrogens is 484 g/mol. The first kappa shape index (κ1) is 24.1. The summed E-state index contributed by atoms with van der Waals surface area (Å²) in [4.78, 5) is 24.9. The number of hydrogen-bond acceptors (Lipinski definition) is 3. The Bertz CT molecular complexity index is 1070. The van der Waals surface area contributed by atoms with Crippen LogP contribution in [-0.2, 0) is 16.0 Å². The van der Waals surface area contributed by atoms with Crippen molar-refractivity contribution < 1.29 is 9.59 Å². The first-order chi connectivity index (χ1) is 15.2. The normalized spacial score (nSPS) is 11.1. The first-order valence-electron chi connectivity index (χ1n) is 10.3. The molecule has 0 aromatic heterocycles. The fourth-order valence-electron chi connectivity index (χ4n) is 3.04. The molecule has 2 amide bonds. The van der Waals surface area contributed by atoms with Crippen molar-refractivity contribution in [2.45, 2.75) is 31.9 Å². The summed E-state index contributed by atoms with van der Waals surface area (Å²) in [5.74, 6) is 0.866. The molecule has 4 nitrogen and oxygen atoms in total. The Kier molecular flexibility index (Phi) is 8.15. The van der Waals surface area contributed by atoms with E-state index in [1.807, 2.05) is 60.7 Å². The zero-order valence-electron chi connectivity index (χ0n) is 18.4. The van der Waals surface area contributed by atoms with Crippen LogP contribution in [0.1, 0.15) is 42.3 Å². The van der Waals surface area contributed by atoms with Crippen LogP contribution in [0.5, 0.6) is 0 Å². The summed E-state index contributed by atoms with van der Waals surface area (Å²) in [6.45, 7) is 6.42. The molecule has 0 unspecified atom stereocenters. The van der Waals surface area contributed by atoms with Crippen molar-refractivity contribution in [3.8, 4) is 0 Å². The third-order valence-electron chi connectivity index (χ3n) is 4.83. The molecular formula is C26H27BrN2O2S. The number of halogens is 1. The maximum absolute atomic E-state index is 12.6. The molecule has 6 heteroatoms. The van der Waals surface area contributed by atoms with Gasteiger partial charge in [-0.05, 0) is 59.0 Å². The van der Waals surface area contributed by atoms with Gasteiger partial charge in [0.1, 0.15) is 0 Å². The summed E-state index contributed by atoms with van der Waals surface area (Å²) in [7, 11) is 0. The van der Waals surface area contributed by atoms with Crippen LogP contribution in [0.3, 0.4) is 0 Å². The van der Waals surface area contributed by atoms with Gasteiger partial charge in [0, 0.05) is 27.2 Å². The van der Waals surface area contributed by atoms with Crippen LogP contribution in [0.4, 0.5) is 11.4 Å². The number of carbonyl (C=O) groups excluding carboxylic acids is 2. The fourth-order valence-corrected chi connectivity index (χ4v) is 4.09. The molecule has 0 aliphatic rings. The molecule has 0 aliphatic heterocycles. The Hall–Kier alpha value is -2.57. The van der Waals surface area contributed by atoms with E-state index >= 15 is 0 Å². The predicted octanol–water partition coefficient (Wildman–Crippen LogP) is 6.87. The van der Waals surface area contributed by atoms with Gasteiger partial charge in [0.15, 0.2) is 0 Å². The highest BCUT2D eigenvalue weighted by atomic mass is 79.9. The number of amides is 2. The van der Waals surface area contributed by atoms with E-state index < -0.39 is 0 Å². The van der Waals surface area contributed by atoms with Gasteiger partial charge in [-0.25, -0.2) is 0 Å². The van der Waals surface area contributed by atoms with E-state index in [4.69, 9.17) is 0 Å². The van der Waals surface area contributed by atoms with Crippen LogP contribution in [0.2, 0.25) is 0 Å². The standard InChI is InChI=1S/C26H27BrN2O2S/c1-26(2,3)20-11-9-19(10-12-20)25(31)29-23-6-4-5-22(15-23)28-24(30)17-32-16-18-7-13-21(27)14-8-18/h4-15H,16-17H2,1-3H3,(H,28,30)(H,29,31). The zero-order valence-corrected chi connectivity index (χ0v) is 20.8. The molecule has 32 heavy (non-hydrogen) atoms. The Labute approximate surface area is 202 Å². The van der Waals surface area contributed by atoms with Gasteiger partial charge in [-0.3, -0.25) is 9.59 Å². The second-order valence-corrected chi connectivity index (χ2v) is 10.4. The summed E-state index contributed by atoms with van der Waals surface area (Å²) >= 11 is 4.98. The topological polar surface area (TPSA) is 58.2 Å². The molecule has 0 atom stereocenters. The molecule has 0 heterocycles. The Morgan fingerprint density at radius 1 is 0.875 bits per heavy atom. The van der Waals surface area contributed by atoms with E-state index in [0.29, 0.717) is 22.7 Å². The lowest BCUT2D eigenvalue weighted by Crippen LogP contribution is -2.16. The van der Waals surface area contributed by atoms with E-state index in [1.54, 1.807) is 23.9 Å². The van der Waals surface area contributed by atoms with Crippen molar-refractivity contribution in [2.24, 2.45) is 0 Å². The second-order valence-electron chi connectivity index (χ2n) is 8.53. The zero-order chi connectivity index (χ0) is 23.1. The molecule has 0 fully saturated rings. The Morgan fingerprint density at radius 3 is 2.12 bits per heavy atom. The number of hydrogen-bond donors (Lipinski definition) is 2. The summed E-state index contributed by atoms with van der Waals surface area (Å²) in [5.41, 5.74) is 4.27. The van der Waals surface area contributed by atoms with Crippen LogP contribution >= 0.6 is 27.7 Å². The summed E-state index contributed by atoms with van der Waals surface area (Å²) in [6, 6.07) is 22.9. The maximum atomic E-state index is 12.6. The van der Waals surface area contributed by atoms with Gasteiger partial charge in [-0.15, -0.1) is 11.8 Å². The lowest BCUT2D eigenvalue weighted by Gasteiger charge is -2.19. The van der Waals surface area contributed by atoms with E-state index in [-0.39, 0.29) is 17.2 Å². The average molecular weight is 511 g/mol. The molecule has 0 bridgehead atoms. The van der Waals surface area contributed by atoms with Crippen molar-refractivity contribution in [1.82, 2.24) is 0 Å². The number of nitrogens with one attached hydrogen (secondary N) is 2. The summed E-state index contributed by atoms with van der Waals surface area (Å²) < 4.78 is 1.04. The smallest absolute Gasteiger partial charge is 0.255 e. The molecule has 166 valence electrons. The monoisotopic (exact) mass is 510 g/mol. The summed E-state index contributed by atoms with van der Waals surface area (Å²) in [6.07, 6.45) is 0. The molecule has 0 radical (unpaired) electrons. The minimum Gasteiger partial charge on any atom is -0.325 e. The quantitative estimate of drug-likeness (QED) is 0.364. The van der Waals surface area contributed by atoms with E-state index in [9.17, 15) is 9.59 Å². The average Bonchev–Trinajstić information content (AvgIpc) is 2.75. The van der Waals surface area contributed by atoms with Gasteiger partial charge < -0.3 is 10.6 Å². The minimum absolute atomic E-state index is 0.0398. The van der Waals surface area contributed by atoms with E-state index in [0.717, 1.165) is 10.2 Å². The highest BCUT2D eigenvalue weighted by Gasteiger charge is 2.14. The van der Waals surface area contributed by atoms with Gasteiger partial charge >= 0.3 is 0 Å². The molecule has 3 aromatic rings. The first-order valence-corrected chi connectivity index (χ1v) is 12.3. The number of thioether (sulfide) groups is 1. The van der Waals surface area contributed by atoms with Gasteiger partial charge in [0.25, 0.3) is 5.91 Å². The van der Waals surface area contributed by atoms with Crippen molar-refractivity contribution in [2.75, 3.05) is 16.4 Å². The third-order valence-corrected chi connectivity index (χ3v) is 6.36. The molecule has 0 aliphatic carbocycles. The highest BCUT2D eigenvalue weighted by molar-refractivity contribution is 9.10. The lowest BCUT2D eigenvalue weighted by molar-refractivity contribution is -0.113. The summed E-state index contributed by atoms with van der Waals surface area (Å²) in [5, 5.41) is 5.80. The van der Waals surface area contributed by atoms with Crippen LogP contribution in [0, 0.1) is 0 Å². The van der Waals surface area contributed by atoms with Crippen LogP contribution in [0.15, 0.2) is 77.3 Å². The third kappa shape index (κ3) is 7.24. The largest absolute Gasteiger partial charge is 0.325 e. The van der Waals surface area contributed by atoms with Crippen LogP contribution in [0.25, 0.3) is 0 Å². The van der Waals surface area contributed by atoms with E-state index in [2.05, 4.69) is 47.3 Å². The van der Waals surface area contributed by atoms with Crippen molar-refractivity contribution in [3.05, 3.63) is 94.0 Å². The van der Waals surface area contributed by atoms with E-state index in [1.165, 1.54) is 11.1 Å². The second kappa shape index (κ2) is 10.8. The molecule has 0 spiro atoms. The van der Waals surface area contributed by atoms with Crippen LogP contribution < -0.4 is 10.6 Å². The maximum Gasteiger partial charge on any atom is 0.255 e. The number of rotatable bonds is 7. The minimum atomic E-state index is -0.181. The number of benzene rings is 3. The highest BCUT2D eigenvalue weighted by Crippen LogP contribution is 2.23. The molecule has 3 rings (SSSR count). The van der Waals surface area contributed by atoms with Gasteiger partial charge in [0.05, 0.1) is 5.75 Å². The van der Waals surface area contributed by atoms with Gasteiger partial charge in [-0.2, -0.15) is 0 Å². The predicted molar refractivity (Wildman–Crippen MR) is 138 cm³/mol. The Balaban J connectivity index is 1.52. The lowest BCUT2D eigenvalue weighted by atomic mass is 9.87. The van der Waals surface area contributed by atoms with Crippen molar-refractivity contribution in [3.63, 3.8) is 0 Å². The molecule has 0 saturated heterocycles. The fraction of sp³-hybridized carbons (Fsp3) is 0.231. The van der Waals surface area contributed by atoms with Crippen LogP contribution in [-0.4, -0.2) is 17.6 Å². The van der Waals surface area contributed by atoms with Crippen molar-refractivity contribution in [1.29, 1.82) is 0 Å². The van der Waals surface area contributed by atoms with Gasteiger partial charge in [-0.1, -0.05) is 67.0 Å². The Morgan fingerprint density at radius 2 is 1.50 bits per heavy atom. The number of anilines is 2. The van der Waals surface area contributed by atoms with Crippen molar-refractivity contribution >= 4 is 50.9 Å². The molecule has 2 N–H and O–H groups in total. The SMILES string of the molecule is CC(C)(C)c1ccc(C(=O)Nc2cccc(NC(=O)CSCc3ccc(Br)cc3)c2)cc1. The number of carbonyl (C=O) groups is 2.